The summed E-state index contributed by atoms with van der Waals surface area (Å²) in [5, 5.41) is 7.84. The molecular formula is C15H26N4O. The van der Waals surface area contributed by atoms with E-state index in [-0.39, 0.29) is 5.91 Å². The molecule has 1 aliphatic heterocycles. The van der Waals surface area contributed by atoms with Crippen LogP contribution in [0.4, 0.5) is 0 Å². The number of aryl methyl sites for hydroxylation is 2. The fourth-order valence-electron chi connectivity index (χ4n) is 2.94. The van der Waals surface area contributed by atoms with Crippen molar-refractivity contribution >= 4 is 5.91 Å². The van der Waals surface area contributed by atoms with Crippen molar-refractivity contribution in [2.75, 3.05) is 19.6 Å². The van der Waals surface area contributed by atoms with Crippen LogP contribution in [0.1, 0.15) is 42.7 Å². The second-order valence-electron chi connectivity index (χ2n) is 5.88. The van der Waals surface area contributed by atoms with Crippen LogP contribution >= 0.6 is 0 Å². The summed E-state index contributed by atoms with van der Waals surface area (Å²) < 4.78 is 1.71. The molecule has 5 heteroatoms. The number of nitrogens with one attached hydrogen (secondary N) is 1. The molecule has 0 spiro atoms. The highest BCUT2D eigenvalue weighted by molar-refractivity contribution is 5.95. The number of nitrogens with zero attached hydrogens (tertiary/aromatic N) is 3. The van der Waals surface area contributed by atoms with Gasteiger partial charge in [-0.15, -0.1) is 0 Å². The first kappa shape index (κ1) is 15.0. The molecule has 2 unspecified atom stereocenters. The lowest BCUT2D eigenvalue weighted by atomic mass is 9.93. The fraction of sp³-hybridized carbons (Fsp3) is 0.733. The molecule has 1 amide bonds. The zero-order valence-electron chi connectivity index (χ0n) is 13.0. The van der Waals surface area contributed by atoms with Gasteiger partial charge in [0.05, 0.1) is 11.3 Å². The maximum absolute atomic E-state index is 12.6. The lowest BCUT2D eigenvalue weighted by Gasteiger charge is -2.37. The Morgan fingerprint density at radius 2 is 2.30 bits per heavy atom. The van der Waals surface area contributed by atoms with Crippen LogP contribution in [0.5, 0.6) is 0 Å². The van der Waals surface area contributed by atoms with E-state index in [1.807, 2.05) is 25.1 Å². The molecule has 1 fully saturated rings. The predicted octanol–water partition coefficient (Wildman–Crippen LogP) is 1.58. The highest BCUT2D eigenvalue weighted by atomic mass is 16.2. The van der Waals surface area contributed by atoms with Gasteiger partial charge in [0.1, 0.15) is 0 Å². The second kappa shape index (κ2) is 6.39. The molecule has 0 bridgehead atoms. The van der Waals surface area contributed by atoms with E-state index in [0.29, 0.717) is 12.0 Å². The minimum atomic E-state index is 0.122. The molecule has 0 saturated carbocycles. The smallest absolute Gasteiger partial charge is 0.257 e. The molecule has 2 rings (SSSR count). The monoisotopic (exact) mass is 278 g/mol. The van der Waals surface area contributed by atoms with Gasteiger partial charge >= 0.3 is 0 Å². The fourth-order valence-corrected chi connectivity index (χ4v) is 2.94. The number of hydrogen-bond acceptors (Lipinski definition) is 3. The van der Waals surface area contributed by atoms with E-state index in [1.165, 1.54) is 0 Å². The summed E-state index contributed by atoms with van der Waals surface area (Å²) in [6, 6.07) is 0.536. The van der Waals surface area contributed by atoms with Gasteiger partial charge in [-0.1, -0.05) is 13.8 Å². The highest BCUT2D eigenvalue weighted by Gasteiger charge is 2.29. The maximum atomic E-state index is 12.6. The second-order valence-corrected chi connectivity index (χ2v) is 5.88. The Balaban J connectivity index is 1.98. The van der Waals surface area contributed by atoms with E-state index in [1.54, 1.807) is 4.68 Å². The molecular weight excluding hydrogens is 252 g/mol. The third kappa shape index (κ3) is 3.20. The van der Waals surface area contributed by atoms with Crippen LogP contribution in [0.2, 0.25) is 0 Å². The lowest BCUT2D eigenvalue weighted by Crippen LogP contribution is -2.50. The van der Waals surface area contributed by atoms with Crippen LogP contribution in [0, 0.1) is 12.8 Å². The SMILES string of the molecule is CCCNC1CCN(C(=O)c2cn(C)nc2C)CC1C. The zero-order chi connectivity index (χ0) is 14.7. The van der Waals surface area contributed by atoms with Crippen molar-refractivity contribution in [1.29, 1.82) is 0 Å². The van der Waals surface area contributed by atoms with Crippen LogP contribution in [0.15, 0.2) is 6.20 Å². The van der Waals surface area contributed by atoms with E-state index in [4.69, 9.17) is 0 Å². The van der Waals surface area contributed by atoms with Crippen molar-refractivity contribution in [3.05, 3.63) is 17.5 Å². The number of aromatic nitrogens is 2. The predicted molar refractivity (Wildman–Crippen MR) is 79.7 cm³/mol. The van der Waals surface area contributed by atoms with E-state index in [9.17, 15) is 4.79 Å². The Morgan fingerprint density at radius 1 is 1.55 bits per heavy atom. The molecule has 2 heterocycles. The number of amides is 1. The van der Waals surface area contributed by atoms with Crippen LogP contribution in [0.3, 0.4) is 0 Å². The summed E-state index contributed by atoms with van der Waals surface area (Å²) in [7, 11) is 1.85. The summed E-state index contributed by atoms with van der Waals surface area (Å²) in [6.07, 6.45) is 4.01. The van der Waals surface area contributed by atoms with Crippen molar-refractivity contribution < 1.29 is 4.79 Å². The summed E-state index contributed by atoms with van der Waals surface area (Å²) >= 11 is 0. The average molecular weight is 278 g/mol. The van der Waals surface area contributed by atoms with E-state index >= 15 is 0 Å². The van der Waals surface area contributed by atoms with E-state index in [0.717, 1.165) is 43.7 Å². The minimum Gasteiger partial charge on any atom is -0.338 e. The Bertz CT molecular complexity index is 468. The number of carbonyl (C=O) groups is 1. The summed E-state index contributed by atoms with van der Waals surface area (Å²) in [4.78, 5) is 14.5. The Morgan fingerprint density at radius 3 is 2.85 bits per heavy atom. The zero-order valence-corrected chi connectivity index (χ0v) is 13.0. The van der Waals surface area contributed by atoms with Gasteiger partial charge in [-0.05, 0) is 32.2 Å². The number of likely N-dealkylation sites (tertiary alicyclic amines) is 1. The number of carbonyl (C=O) groups excluding carboxylic acids is 1. The summed E-state index contributed by atoms with van der Waals surface area (Å²) in [6.45, 7) is 9.02. The van der Waals surface area contributed by atoms with Crippen LogP contribution in [-0.4, -0.2) is 46.3 Å². The van der Waals surface area contributed by atoms with Crippen LogP contribution in [0.25, 0.3) is 0 Å². The molecule has 112 valence electrons. The van der Waals surface area contributed by atoms with Crippen LogP contribution in [-0.2, 0) is 7.05 Å². The first-order chi connectivity index (χ1) is 9.52. The Kier molecular flexibility index (Phi) is 4.81. The van der Waals surface area contributed by atoms with Gasteiger partial charge < -0.3 is 10.2 Å². The van der Waals surface area contributed by atoms with Crippen LogP contribution < -0.4 is 5.32 Å². The largest absolute Gasteiger partial charge is 0.338 e. The molecule has 2 atom stereocenters. The number of rotatable bonds is 4. The van der Waals surface area contributed by atoms with Gasteiger partial charge in [-0.25, -0.2) is 0 Å². The Hall–Kier alpha value is -1.36. The molecule has 1 N–H and O–H groups in total. The molecule has 0 aliphatic carbocycles. The van der Waals surface area contributed by atoms with Gasteiger partial charge in [-0.2, -0.15) is 5.10 Å². The molecule has 1 saturated heterocycles. The molecule has 0 aromatic carbocycles. The number of piperidine rings is 1. The molecule has 0 radical (unpaired) electrons. The highest BCUT2D eigenvalue weighted by Crippen LogP contribution is 2.19. The maximum Gasteiger partial charge on any atom is 0.257 e. The quantitative estimate of drug-likeness (QED) is 0.909. The van der Waals surface area contributed by atoms with Crippen molar-refractivity contribution in [1.82, 2.24) is 20.0 Å². The molecule has 1 aromatic heterocycles. The van der Waals surface area contributed by atoms with E-state index < -0.39 is 0 Å². The third-order valence-electron chi connectivity index (χ3n) is 4.09. The van der Waals surface area contributed by atoms with Gasteiger partial charge in [0.25, 0.3) is 5.91 Å². The van der Waals surface area contributed by atoms with Crippen molar-refractivity contribution in [2.24, 2.45) is 13.0 Å². The minimum absolute atomic E-state index is 0.122. The topological polar surface area (TPSA) is 50.2 Å². The Labute approximate surface area is 121 Å². The van der Waals surface area contributed by atoms with Crippen molar-refractivity contribution in [3.63, 3.8) is 0 Å². The third-order valence-corrected chi connectivity index (χ3v) is 4.09. The molecule has 1 aliphatic rings. The first-order valence-corrected chi connectivity index (χ1v) is 7.55. The molecule has 5 nitrogen and oxygen atoms in total. The molecule has 20 heavy (non-hydrogen) atoms. The van der Waals surface area contributed by atoms with Gasteiger partial charge in [0.15, 0.2) is 0 Å². The van der Waals surface area contributed by atoms with E-state index in [2.05, 4.69) is 24.3 Å². The molecule has 1 aromatic rings. The van der Waals surface area contributed by atoms with Gasteiger partial charge in [-0.3, -0.25) is 9.48 Å². The normalized spacial score (nSPS) is 23.1. The lowest BCUT2D eigenvalue weighted by molar-refractivity contribution is 0.0644. The standard InChI is InChI=1S/C15H26N4O/c1-5-7-16-14-6-8-19(9-11(14)2)15(20)13-10-18(4)17-12(13)3/h10-11,14,16H,5-9H2,1-4H3. The summed E-state index contributed by atoms with van der Waals surface area (Å²) in [5.41, 5.74) is 1.55. The first-order valence-electron chi connectivity index (χ1n) is 7.55. The van der Waals surface area contributed by atoms with Crippen molar-refractivity contribution in [3.8, 4) is 0 Å². The summed E-state index contributed by atoms with van der Waals surface area (Å²) in [5.74, 6) is 0.618. The average Bonchev–Trinajstić information content (AvgIpc) is 2.75. The van der Waals surface area contributed by atoms with Crippen molar-refractivity contribution in [2.45, 2.75) is 39.7 Å². The number of hydrogen-bond donors (Lipinski definition) is 1. The van der Waals surface area contributed by atoms with Gasteiger partial charge in [0.2, 0.25) is 0 Å². The van der Waals surface area contributed by atoms with Gasteiger partial charge in [0, 0.05) is 32.4 Å².